The molecule has 1 amide bonds. The number of hydrogen-bond acceptors (Lipinski definition) is 4. The molecule has 0 bridgehead atoms. The Morgan fingerprint density at radius 1 is 1.41 bits per heavy atom. The number of carbonyl (C=O) groups is 2. The van der Waals surface area contributed by atoms with Crippen LogP contribution in [0.1, 0.15) is 29.3 Å². The number of aliphatic carboxylic acids is 1. The van der Waals surface area contributed by atoms with Gasteiger partial charge in [0.05, 0.1) is 4.92 Å². The number of alkyl halides is 2. The van der Waals surface area contributed by atoms with Gasteiger partial charge in [-0.1, -0.05) is 13.0 Å². The molecule has 22 heavy (non-hydrogen) atoms. The molecule has 2 N–H and O–H groups in total. The van der Waals surface area contributed by atoms with Crippen molar-refractivity contribution in [2.24, 2.45) is 0 Å². The lowest BCUT2D eigenvalue weighted by atomic mass is 10.1. The van der Waals surface area contributed by atoms with E-state index in [1.165, 1.54) is 12.1 Å². The average molecular weight is 316 g/mol. The molecule has 0 aliphatic rings. The largest absolute Gasteiger partial charge is 0.480 e. The van der Waals surface area contributed by atoms with Gasteiger partial charge in [-0.3, -0.25) is 14.9 Å². The molecule has 9 heteroatoms. The zero-order valence-corrected chi connectivity index (χ0v) is 11.6. The number of amides is 1. The Morgan fingerprint density at radius 2 is 2.05 bits per heavy atom. The van der Waals surface area contributed by atoms with Crippen LogP contribution < -0.4 is 5.32 Å². The van der Waals surface area contributed by atoms with E-state index < -0.39 is 35.7 Å². The highest BCUT2D eigenvalue weighted by Crippen LogP contribution is 2.21. The summed E-state index contributed by atoms with van der Waals surface area (Å²) in [6, 6.07) is 1.88. The van der Waals surface area contributed by atoms with Crippen LogP contribution in [0.5, 0.6) is 0 Å². The van der Waals surface area contributed by atoms with Crippen molar-refractivity contribution in [3.05, 3.63) is 39.4 Å². The molecule has 0 spiro atoms. The summed E-state index contributed by atoms with van der Waals surface area (Å²) < 4.78 is 24.5. The maximum atomic E-state index is 12.3. The lowest BCUT2D eigenvalue weighted by molar-refractivity contribution is -0.385. The summed E-state index contributed by atoms with van der Waals surface area (Å²) in [5.74, 6) is -2.56. The van der Waals surface area contributed by atoms with E-state index in [1.807, 2.05) is 5.32 Å². The van der Waals surface area contributed by atoms with Gasteiger partial charge in [0.15, 0.2) is 0 Å². The molecule has 7 nitrogen and oxygen atoms in total. The molecule has 0 aromatic heterocycles. The Hall–Kier alpha value is -2.58. The van der Waals surface area contributed by atoms with E-state index in [-0.39, 0.29) is 11.3 Å². The number of carbonyl (C=O) groups excluding carboxylic acids is 1. The number of nitro benzene ring substituents is 1. The highest BCUT2D eigenvalue weighted by Gasteiger charge is 2.25. The molecule has 1 atom stereocenters. The monoisotopic (exact) mass is 316 g/mol. The van der Waals surface area contributed by atoms with Crippen molar-refractivity contribution < 1.29 is 28.4 Å². The summed E-state index contributed by atoms with van der Waals surface area (Å²) in [6.45, 7) is 1.70. The standard InChI is InChI=1S/C13H14F2N2O5/c1-2-7-3-4-8(5-10(7)17(21)22)12(18)16-9(13(19)20)6-11(14)15/h3-5,9,11H,2,6H2,1H3,(H,16,18)(H,19,20). The van der Waals surface area contributed by atoms with E-state index >= 15 is 0 Å². The number of hydrogen-bond donors (Lipinski definition) is 2. The van der Waals surface area contributed by atoms with Crippen molar-refractivity contribution in [1.82, 2.24) is 5.32 Å². The zero-order chi connectivity index (χ0) is 16.9. The van der Waals surface area contributed by atoms with Gasteiger partial charge in [0.1, 0.15) is 6.04 Å². The van der Waals surface area contributed by atoms with Crippen molar-refractivity contribution in [2.45, 2.75) is 32.2 Å². The Bertz CT molecular complexity index is 592. The minimum absolute atomic E-state index is 0.163. The van der Waals surface area contributed by atoms with Gasteiger partial charge in [-0.2, -0.15) is 0 Å². The fourth-order valence-corrected chi connectivity index (χ4v) is 1.82. The quantitative estimate of drug-likeness (QED) is 0.590. The van der Waals surface area contributed by atoms with Gasteiger partial charge in [-0.15, -0.1) is 0 Å². The van der Waals surface area contributed by atoms with Crippen LogP contribution >= 0.6 is 0 Å². The summed E-state index contributed by atoms with van der Waals surface area (Å²) >= 11 is 0. The van der Waals surface area contributed by atoms with E-state index in [4.69, 9.17) is 5.11 Å². The molecule has 1 unspecified atom stereocenters. The molecule has 0 radical (unpaired) electrons. The summed E-state index contributed by atoms with van der Waals surface area (Å²) in [4.78, 5) is 32.9. The molecular formula is C13H14F2N2O5. The number of carboxylic acids is 1. The Morgan fingerprint density at radius 3 is 2.50 bits per heavy atom. The summed E-state index contributed by atoms with van der Waals surface area (Å²) in [5, 5.41) is 21.6. The number of nitro groups is 1. The van der Waals surface area contributed by atoms with Crippen LogP contribution in [-0.4, -0.2) is 34.4 Å². The SMILES string of the molecule is CCc1ccc(C(=O)NC(CC(F)F)C(=O)O)cc1[N+](=O)[O-]. The molecular weight excluding hydrogens is 302 g/mol. The second kappa shape index (κ2) is 7.43. The lowest BCUT2D eigenvalue weighted by Crippen LogP contribution is -2.42. The molecule has 0 aliphatic heterocycles. The van der Waals surface area contributed by atoms with Gasteiger partial charge in [0, 0.05) is 23.6 Å². The second-order valence-corrected chi connectivity index (χ2v) is 4.45. The summed E-state index contributed by atoms with van der Waals surface area (Å²) in [7, 11) is 0. The topological polar surface area (TPSA) is 110 Å². The van der Waals surface area contributed by atoms with Crippen LogP contribution in [0, 0.1) is 10.1 Å². The smallest absolute Gasteiger partial charge is 0.326 e. The number of benzene rings is 1. The third-order valence-corrected chi connectivity index (χ3v) is 2.94. The van der Waals surface area contributed by atoms with Gasteiger partial charge < -0.3 is 10.4 Å². The molecule has 0 saturated heterocycles. The first-order chi connectivity index (χ1) is 10.3. The predicted octanol–water partition coefficient (Wildman–Crippen LogP) is 2.00. The van der Waals surface area contributed by atoms with Crippen LogP contribution in [-0.2, 0) is 11.2 Å². The van der Waals surface area contributed by atoms with Crippen molar-refractivity contribution in [3.63, 3.8) is 0 Å². The number of halogens is 2. The number of nitrogens with zero attached hydrogens (tertiary/aromatic N) is 1. The maximum absolute atomic E-state index is 12.3. The predicted molar refractivity (Wildman–Crippen MR) is 72.0 cm³/mol. The van der Waals surface area contributed by atoms with Gasteiger partial charge in [-0.25, -0.2) is 13.6 Å². The van der Waals surface area contributed by atoms with Crippen molar-refractivity contribution in [2.75, 3.05) is 0 Å². The van der Waals surface area contributed by atoms with Crippen LogP contribution in [0.25, 0.3) is 0 Å². The second-order valence-electron chi connectivity index (χ2n) is 4.45. The number of nitrogens with one attached hydrogen (secondary N) is 1. The van der Waals surface area contributed by atoms with Crippen LogP contribution in [0.4, 0.5) is 14.5 Å². The van der Waals surface area contributed by atoms with Gasteiger partial charge in [-0.05, 0) is 12.5 Å². The Kier molecular flexibility index (Phi) is 5.90. The van der Waals surface area contributed by atoms with Crippen molar-refractivity contribution in [1.29, 1.82) is 0 Å². The van der Waals surface area contributed by atoms with E-state index in [0.29, 0.717) is 12.0 Å². The van der Waals surface area contributed by atoms with Crippen LogP contribution in [0.2, 0.25) is 0 Å². The Labute approximate surface area is 124 Å². The first kappa shape index (κ1) is 17.5. The number of aryl methyl sites for hydroxylation is 1. The lowest BCUT2D eigenvalue weighted by Gasteiger charge is -2.14. The molecule has 1 aromatic carbocycles. The molecule has 0 heterocycles. The highest BCUT2D eigenvalue weighted by molar-refractivity contribution is 5.97. The van der Waals surface area contributed by atoms with E-state index in [9.17, 15) is 28.5 Å². The van der Waals surface area contributed by atoms with Gasteiger partial charge >= 0.3 is 5.97 Å². The number of rotatable bonds is 7. The van der Waals surface area contributed by atoms with Crippen molar-refractivity contribution >= 4 is 17.6 Å². The first-order valence-corrected chi connectivity index (χ1v) is 6.35. The highest BCUT2D eigenvalue weighted by atomic mass is 19.3. The summed E-state index contributed by atoms with van der Waals surface area (Å²) in [6.07, 6.45) is -3.57. The van der Waals surface area contributed by atoms with Gasteiger partial charge in [0.25, 0.3) is 11.6 Å². The average Bonchev–Trinajstić information content (AvgIpc) is 2.44. The molecule has 120 valence electrons. The minimum atomic E-state index is -2.90. The van der Waals surface area contributed by atoms with Crippen LogP contribution in [0.15, 0.2) is 18.2 Å². The van der Waals surface area contributed by atoms with E-state index in [2.05, 4.69) is 0 Å². The molecule has 0 aliphatic carbocycles. The van der Waals surface area contributed by atoms with Crippen LogP contribution in [0.3, 0.4) is 0 Å². The molecule has 0 fully saturated rings. The fourth-order valence-electron chi connectivity index (χ4n) is 1.82. The fraction of sp³-hybridized carbons (Fsp3) is 0.385. The molecule has 1 rings (SSSR count). The third-order valence-electron chi connectivity index (χ3n) is 2.94. The third kappa shape index (κ3) is 4.47. The molecule has 1 aromatic rings. The first-order valence-electron chi connectivity index (χ1n) is 6.35. The Balaban J connectivity index is 3.00. The molecule has 0 saturated carbocycles. The normalized spacial score (nSPS) is 12.0. The van der Waals surface area contributed by atoms with E-state index in [1.54, 1.807) is 6.92 Å². The van der Waals surface area contributed by atoms with E-state index in [0.717, 1.165) is 6.07 Å². The van der Waals surface area contributed by atoms with Gasteiger partial charge in [0.2, 0.25) is 6.43 Å². The minimum Gasteiger partial charge on any atom is -0.480 e. The maximum Gasteiger partial charge on any atom is 0.326 e. The zero-order valence-electron chi connectivity index (χ0n) is 11.6. The van der Waals surface area contributed by atoms with Crippen molar-refractivity contribution in [3.8, 4) is 0 Å². The summed E-state index contributed by atoms with van der Waals surface area (Å²) in [5.41, 5.74) is -0.0378. The number of carboxylic acid groups (broad SMARTS) is 1.